The lowest BCUT2D eigenvalue weighted by molar-refractivity contribution is -0.0373. The molecule has 0 aromatic carbocycles. The SMILES string of the molecule is OCCOCCN1CCOC(c2cccs2)C1. The first-order valence-electron chi connectivity index (χ1n) is 5.96. The lowest BCUT2D eigenvalue weighted by Crippen LogP contribution is -2.40. The van der Waals surface area contributed by atoms with Gasteiger partial charge in [0.1, 0.15) is 6.10 Å². The van der Waals surface area contributed by atoms with Crippen LogP contribution in [0.25, 0.3) is 0 Å². The van der Waals surface area contributed by atoms with E-state index in [9.17, 15) is 0 Å². The van der Waals surface area contributed by atoms with E-state index in [1.807, 2.05) is 0 Å². The fourth-order valence-electron chi connectivity index (χ4n) is 1.91. The molecule has 0 amide bonds. The molecule has 1 unspecified atom stereocenters. The average Bonchev–Trinajstić information content (AvgIpc) is 2.89. The van der Waals surface area contributed by atoms with Crippen LogP contribution in [0, 0.1) is 0 Å². The topological polar surface area (TPSA) is 41.9 Å². The number of aliphatic hydroxyl groups excluding tert-OH is 1. The number of morpholine rings is 1. The number of ether oxygens (including phenoxy) is 2. The van der Waals surface area contributed by atoms with Gasteiger partial charge in [0, 0.05) is 24.5 Å². The molecular weight excluding hydrogens is 238 g/mol. The number of nitrogens with zero attached hydrogens (tertiary/aromatic N) is 1. The van der Waals surface area contributed by atoms with Crippen LogP contribution < -0.4 is 0 Å². The molecule has 0 saturated carbocycles. The van der Waals surface area contributed by atoms with Crippen LogP contribution in [0.5, 0.6) is 0 Å². The molecule has 96 valence electrons. The first kappa shape index (κ1) is 13.0. The third-order valence-corrected chi connectivity index (χ3v) is 3.76. The molecule has 4 nitrogen and oxygen atoms in total. The summed E-state index contributed by atoms with van der Waals surface area (Å²) in [6, 6.07) is 4.19. The second-order valence-corrected chi connectivity index (χ2v) is 4.99. The summed E-state index contributed by atoms with van der Waals surface area (Å²) in [5.74, 6) is 0. The highest BCUT2D eigenvalue weighted by Crippen LogP contribution is 2.25. The van der Waals surface area contributed by atoms with Crippen molar-refractivity contribution in [3.8, 4) is 0 Å². The summed E-state index contributed by atoms with van der Waals surface area (Å²) in [6.45, 7) is 4.79. The predicted molar refractivity (Wildman–Crippen MR) is 67.4 cm³/mol. The highest BCUT2D eigenvalue weighted by molar-refractivity contribution is 7.10. The van der Waals surface area contributed by atoms with Crippen molar-refractivity contribution in [2.45, 2.75) is 6.10 Å². The molecule has 1 fully saturated rings. The van der Waals surface area contributed by atoms with Gasteiger partial charge in [-0.25, -0.2) is 0 Å². The zero-order valence-electron chi connectivity index (χ0n) is 9.88. The maximum atomic E-state index is 8.61. The Hall–Kier alpha value is -0.460. The van der Waals surface area contributed by atoms with Crippen LogP contribution in [-0.4, -0.2) is 56.1 Å². The molecule has 0 bridgehead atoms. The first-order chi connectivity index (χ1) is 8.40. The molecule has 1 aliphatic rings. The molecule has 2 heterocycles. The number of hydrogen-bond acceptors (Lipinski definition) is 5. The quantitative estimate of drug-likeness (QED) is 0.776. The monoisotopic (exact) mass is 257 g/mol. The molecule has 1 N–H and O–H groups in total. The zero-order chi connectivity index (χ0) is 11.9. The van der Waals surface area contributed by atoms with Crippen molar-refractivity contribution in [2.24, 2.45) is 0 Å². The van der Waals surface area contributed by atoms with Gasteiger partial charge in [-0.15, -0.1) is 11.3 Å². The van der Waals surface area contributed by atoms with Crippen LogP contribution in [-0.2, 0) is 9.47 Å². The van der Waals surface area contributed by atoms with Crippen molar-refractivity contribution in [1.82, 2.24) is 4.90 Å². The zero-order valence-corrected chi connectivity index (χ0v) is 10.7. The second kappa shape index (κ2) is 7.08. The van der Waals surface area contributed by atoms with Crippen molar-refractivity contribution in [2.75, 3.05) is 46.1 Å². The van der Waals surface area contributed by atoms with Crippen LogP contribution in [0.1, 0.15) is 11.0 Å². The summed E-state index contributed by atoms with van der Waals surface area (Å²) in [4.78, 5) is 3.65. The summed E-state index contributed by atoms with van der Waals surface area (Å²) in [6.07, 6.45) is 0.210. The minimum atomic E-state index is 0.0981. The molecule has 1 saturated heterocycles. The Kier molecular flexibility index (Phi) is 5.41. The van der Waals surface area contributed by atoms with Crippen molar-refractivity contribution in [3.63, 3.8) is 0 Å². The molecule has 0 radical (unpaired) electrons. The number of thiophene rings is 1. The number of aliphatic hydroxyl groups is 1. The molecule has 1 aromatic rings. The Morgan fingerprint density at radius 1 is 1.53 bits per heavy atom. The number of rotatable bonds is 6. The van der Waals surface area contributed by atoms with Gasteiger partial charge in [0.2, 0.25) is 0 Å². The van der Waals surface area contributed by atoms with E-state index in [2.05, 4.69) is 22.4 Å². The maximum Gasteiger partial charge on any atom is 0.104 e. The van der Waals surface area contributed by atoms with Gasteiger partial charge in [-0.05, 0) is 11.4 Å². The predicted octanol–water partition coefficient (Wildman–Crippen LogP) is 1.13. The molecule has 1 aromatic heterocycles. The largest absolute Gasteiger partial charge is 0.394 e. The average molecular weight is 257 g/mol. The third kappa shape index (κ3) is 4.04. The van der Waals surface area contributed by atoms with Gasteiger partial charge in [0.15, 0.2) is 0 Å². The fourth-order valence-corrected chi connectivity index (χ4v) is 2.68. The minimum absolute atomic E-state index is 0.0981. The second-order valence-electron chi connectivity index (χ2n) is 4.01. The maximum absolute atomic E-state index is 8.61. The van der Waals surface area contributed by atoms with Crippen LogP contribution in [0.2, 0.25) is 0 Å². The van der Waals surface area contributed by atoms with Crippen LogP contribution in [0.15, 0.2) is 17.5 Å². The summed E-state index contributed by atoms with van der Waals surface area (Å²) < 4.78 is 11.0. The molecule has 1 aliphatic heterocycles. The van der Waals surface area contributed by atoms with Gasteiger partial charge < -0.3 is 14.6 Å². The summed E-state index contributed by atoms with van der Waals surface area (Å²) in [7, 11) is 0. The number of hydrogen-bond donors (Lipinski definition) is 1. The first-order valence-corrected chi connectivity index (χ1v) is 6.84. The standard InChI is InChI=1S/C12H19NO3S/c14-5-8-15-6-3-13-4-7-16-11(10-13)12-2-1-9-17-12/h1-2,9,11,14H,3-8,10H2. The van der Waals surface area contributed by atoms with E-state index in [4.69, 9.17) is 14.6 Å². The van der Waals surface area contributed by atoms with E-state index < -0.39 is 0 Å². The van der Waals surface area contributed by atoms with Crippen LogP contribution in [0.3, 0.4) is 0 Å². The van der Waals surface area contributed by atoms with Crippen LogP contribution in [0.4, 0.5) is 0 Å². The Bertz CT molecular complexity index is 305. The highest BCUT2D eigenvalue weighted by Gasteiger charge is 2.22. The Labute approximate surface area is 106 Å². The van der Waals surface area contributed by atoms with E-state index in [0.717, 1.165) is 26.2 Å². The fraction of sp³-hybridized carbons (Fsp3) is 0.667. The molecule has 17 heavy (non-hydrogen) atoms. The summed E-state index contributed by atoms with van der Waals surface area (Å²) in [5.41, 5.74) is 0. The summed E-state index contributed by atoms with van der Waals surface area (Å²) >= 11 is 1.75. The Morgan fingerprint density at radius 2 is 2.47 bits per heavy atom. The molecule has 0 spiro atoms. The van der Waals surface area contributed by atoms with Gasteiger partial charge in [0.25, 0.3) is 0 Å². The van der Waals surface area contributed by atoms with E-state index in [1.165, 1.54) is 4.88 Å². The molecule has 1 atom stereocenters. The van der Waals surface area contributed by atoms with E-state index in [-0.39, 0.29) is 12.7 Å². The van der Waals surface area contributed by atoms with Gasteiger partial charge in [-0.2, -0.15) is 0 Å². The Morgan fingerprint density at radius 3 is 3.24 bits per heavy atom. The summed E-state index contributed by atoms with van der Waals surface area (Å²) in [5, 5.41) is 10.7. The van der Waals surface area contributed by atoms with Crippen molar-refractivity contribution in [3.05, 3.63) is 22.4 Å². The normalized spacial score (nSPS) is 21.8. The van der Waals surface area contributed by atoms with Gasteiger partial charge in [-0.1, -0.05) is 6.07 Å². The molecule has 5 heteroatoms. The van der Waals surface area contributed by atoms with E-state index in [0.29, 0.717) is 13.2 Å². The highest BCUT2D eigenvalue weighted by atomic mass is 32.1. The van der Waals surface area contributed by atoms with Crippen molar-refractivity contribution >= 4 is 11.3 Å². The minimum Gasteiger partial charge on any atom is -0.394 e. The molecule has 2 rings (SSSR count). The lowest BCUT2D eigenvalue weighted by Gasteiger charge is -2.32. The van der Waals surface area contributed by atoms with Crippen molar-refractivity contribution < 1.29 is 14.6 Å². The van der Waals surface area contributed by atoms with Gasteiger partial charge in [-0.3, -0.25) is 4.90 Å². The van der Waals surface area contributed by atoms with Gasteiger partial charge in [0.05, 0.1) is 26.4 Å². The Balaban J connectivity index is 1.73. The van der Waals surface area contributed by atoms with Crippen LogP contribution >= 0.6 is 11.3 Å². The van der Waals surface area contributed by atoms with Crippen molar-refractivity contribution in [1.29, 1.82) is 0 Å². The lowest BCUT2D eigenvalue weighted by atomic mass is 10.2. The van der Waals surface area contributed by atoms with Gasteiger partial charge >= 0.3 is 0 Å². The molecule has 0 aliphatic carbocycles. The smallest absolute Gasteiger partial charge is 0.104 e. The third-order valence-electron chi connectivity index (χ3n) is 2.80. The molecular formula is C12H19NO3S. The van der Waals surface area contributed by atoms with E-state index >= 15 is 0 Å². The van der Waals surface area contributed by atoms with E-state index in [1.54, 1.807) is 11.3 Å².